The summed E-state index contributed by atoms with van der Waals surface area (Å²) in [5, 5.41) is 5.95. The van der Waals surface area contributed by atoms with Crippen LogP contribution in [0.5, 0.6) is 0 Å². The van der Waals surface area contributed by atoms with Gasteiger partial charge in [-0.3, -0.25) is 0 Å². The smallest absolute Gasteiger partial charge is 0.250 e. The average molecular weight is 403 g/mol. The largest absolute Gasteiger partial charge is 0.379 e. The van der Waals surface area contributed by atoms with Crippen LogP contribution in [0.4, 0.5) is 0 Å². The lowest BCUT2D eigenvalue weighted by Crippen LogP contribution is -2.40. The Kier molecular flexibility index (Phi) is 5.17. The molecule has 2 aromatic heterocycles. The van der Waals surface area contributed by atoms with Crippen molar-refractivity contribution in [1.29, 1.82) is 0 Å². The normalized spacial score (nSPS) is 16.1. The first-order valence-corrected chi connectivity index (χ1v) is 10.7. The predicted octanol–water partition coefficient (Wildman–Crippen LogP) is 2.99. The van der Waals surface area contributed by atoms with Crippen molar-refractivity contribution in [3.63, 3.8) is 0 Å². The van der Waals surface area contributed by atoms with E-state index in [4.69, 9.17) is 9.26 Å². The third-order valence-corrected chi connectivity index (χ3v) is 6.85. The van der Waals surface area contributed by atoms with Gasteiger partial charge in [0.05, 0.1) is 18.1 Å². The molecule has 1 aliphatic rings. The van der Waals surface area contributed by atoms with Gasteiger partial charge >= 0.3 is 0 Å². The molecule has 0 spiro atoms. The van der Waals surface area contributed by atoms with Gasteiger partial charge in [-0.1, -0.05) is 11.2 Å². The van der Waals surface area contributed by atoms with Crippen LogP contribution in [0.25, 0.3) is 23.5 Å². The SMILES string of the molecule is O=S(=O)(c1ccc(-c2noc(/C=C/c3cccs3)n2)cc1)N1CCOCC1. The van der Waals surface area contributed by atoms with Crippen LogP contribution in [0.1, 0.15) is 10.8 Å². The van der Waals surface area contributed by atoms with Gasteiger partial charge in [0.2, 0.25) is 15.8 Å². The van der Waals surface area contributed by atoms with Gasteiger partial charge in [0.15, 0.2) is 0 Å². The fourth-order valence-corrected chi connectivity index (χ4v) is 4.70. The first-order valence-electron chi connectivity index (χ1n) is 8.36. The zero-order valence-corrected chi connectivity index (χ0v) is 15.9. The maximum atomic E-state index is 12.6. The molecule has 9 heteroatoms. The van der Waals surface area contributed by atoms with Crippen LogP contribution in [-0.2, 0) is 14.8 Å². The number of ether oxygens (including phenoxy) is 1. The molecule has 1 fully saturated rings. The highest BCUT2D eigenvalue weighted by atomic mass is 32.2. The van der Waals surface area contributed by atoms with E-state index >= 15 is 0 Å². The van der Waals surface area contributed by atoms with Crippen molar-refractivity contribution in [2.24, 2.45) is 0 Å². The van der Waals surface area contributed by atoms with E-state index in [0.29, 0.717) is 43.6 Å². The molecule has 0 radical (unpaired) electrons. The number of thiophene rings is 1. The molecular formula is C18H17N3O4S2. The van der Waals surface area contributed by atoms with E-state index in [1.54, 1.807) is 41.7 Å². The summed E-state index contributed by atoms with van der Waals surface area (Å²) in [6.07, 6.45) is 3.65. The van der Waals surface area contributed by atoms with Crippen molar-refractivity contribution in [2.45, 2.75) is 4.90 Å². The summed E-state index contributed by atoms with van der Waals surface area (Å²) < 4.78 is 37.2. The summed E-state index contributed by atoms with van der Waals surface area (Å²) in [7, 11) is -3.51. The second-order valence-corrected chi connectivity index (χ2v) is 8.76. The van der Waals surface area contributed by atoms with Crippen molar-refractivity contribution >= 4 is 33.5 Å². The van der Waals surface area contributed by atoms with Crippen LogP contribution in [0.15, 0.2) is 51.2 Å². The summed E-state index contributed by atoms with van der Waals surface area (Å²) in [6.45, 7) is 1.58. The summed E-state index contributed by atoms with van der Waals surface area (Å²) in [4.78, 5) is 5.66. The molecule has 3 aromatic rings. The Morgan fingerprint density at radius 3 is 2.56 bits per heavy atom. The molecule has 3 heterocycles. The Morgan fingerprint density at radius 2 is 1.85 bits per heavy atom. The second kappa shape index (κ2) is 7.73. The zero-order valence-electron chi connectivity index (χ0n) is 14.3. The Bertz CT molecular complexity index is 1020. The van der Waals surface area contributed by atoms with E-state index in [9.17, 15) is 8.42 Å². The number of hydrogen-bond acceptors (Lipinski definition) is 7. The minimum Gasteiger partial charge on any atom is -0.379 e. The Labute approximate surface area is 160 Å². The molecule has 0 atom stereocenters. The Morgan fingerprint density at radius 1 is 1.07 bits per heavy atom. The van der Waals surface area contributed by atoms with Gasteiger partial charge in [-0.2, -0.15) is 9.29 Å². The molecule has 0 amide bonds. The number of aromatic nitrogens is 2. The van der Waals surface area contributed by atoms with Gasteiger partial charge in [0.1, 0.15) is 0 Å². The van der Waals surface area contributed by atoms with Crippen molar-refractivity contribution in [1.82, 2.24) is 14.4 Å². The van der Waals surface area contributed by atoms with Gasteiger partial charge in [0, 0.05) is 29.6 Å². The number of hydrogen-bond donors (Lipinski definition) is 0. The number of rotatable bonds is 5. The van der Waals surface area contributed by atoms with Crippen molar-refractivity contribution in [3.8, 4) is 11.4 Å². The predicted molar refractivity (Wildman–Crippen MR) is 103 cm³/mol. The topological polar surface area (TPSA) is 85.5 Å². The van der Waals surface area contributed by atoms with Crippen LogP contribution >= 0.6 is 11.3 Å². The lowest BCUT2D eigenvalue weighted by molar-refractivity contribution is 0.0730. The maximum Gasteiger partial charge on any atom is 0.250 e. The molecule has 0 N–H and O–H groups in total. The molecule has 0 saturated carbocycles. The van der Waals surface area contributed by atoms with Crippen LogP contribution < -0.4 is 0 Å². The number of sulfonamides is 1. The number of morpholine rings is 1. The zero-order chi connectivity index (χ0) is 18.7. The van der Waals surface area contributed by atoms with E-state index in [1.165, 1.54) is 4.31 Å². The van der Waals surface area contributed by atoms with E-state index in [0.717, 1.165) is 4.88 Å². The number of nitrogens with zero attached hydrogens (tertiary/aromatic N) is 3. The first-order chi connectivity index (χ1) is 13.1. The van der Waals surface area contributed by atoms with Crippen LogP contribution in [-0.4, -0.2) is 49.2 Å². The molecule has 7 nitrogen and oxygen atoms in total. The minimum absolute atomic E-state index is 0.245. The highest BCUT2D eigenvalue weighted by Gasteiger charge is 2.26. The van der Waals surface area contributed by atoms with Crippen molar-refractivity contribution < 1.29 is 17.7 Å². The highest BCUT2D eigenvalue weighted by Crippen LogP contribution is 2.22. The monoisotopic (exact) mass is 403 g/mol. The standard InChI is InChI=1S/C18H17N3O4S2/c22-27(23,21-9-11-24-12-10-21)16-6-3-14(4-7-16)18-19-17(25-20-18)8-5-15-2-1-13-26-15/h1-8,13H,9-12H2/b8-5+. The molecule has 0 bridgehead atoms. The molecule has 0 unspecified atom stereocenters. The summed E-state index contributed by atoms with van der Waals surface area (Å²) >= 11 is 1.62. The summed E-state index contributed by atoms with van der Waals surface area (Å²) in [5.74, 6) is 0.805. The van der Waals surface area contributed by atoms with E-state index < -0.39 is 10.0 Å². The molecule has 1 aliphatic heterocycles. The van der Waals surface area contributed by atoms with Crippen LogP contribution in [0.3, 0.4) is 0 Å². The molecule has 1 saturated heterocycles. The van der Waals surface area contributed by atoms with Gasteiger partial charge < -0.3 is 9.26 Å². The summed E-state index contributed by atoms with van der Waals surface area (Å²) in [6, 6.07) is 10.5. The van der Waals surface area contributed by atoms with Crippen molar-refractivity contribution in [2.75, 3.05) is 26.3 Å². The molecular weight excluding hydrogens is 386 g/mol. The minimum atomic E-state index is -3.51. The van der Waals surface area contributed by atoms with Gasteiger partial charge in [-0.25, -0.2) is 8.42 Å². The number of benzene rings is 1. The third kappa shape index (κ3) is 4.01. The Balaban J connectivity index is 1.51. The average Bonchev–Trinajstić information content (AvgIpc) is 3.39. The second-order valence-electron chi connectivity index (χ2n) is 5.85. The molecule has 4 rings (SSSR count). The molecule has 1 aromatic carbocycles. The molecule has 0 aliphatic carbocycles. The lowest BCUT2D eigenvalue weighted by atomic mass is 10.2. The van der Waals surface area contributed by atoms with Crippen LogP contribution in [0.2, 0.25) is 0 Å². The lowest BCUT2D eigenvalue weighted by Gasteiger charge is -2.26. The van der Waals surface area contributed by atoms with E-state index in [-0.39, 0.29) is 4.90 Å². The van der Waals surface area contributed by atoms with Crippen molar-refractivity contribution in [3.05, 3.63) is 52.5 Å². The van der Waals surface area contributed by atoms with E-state index in [1.807, 2.05) is 23.6 Å². The Hall–Kier alpha value is -2.33. The fraction of sp³-hybridized carbons (Fsp3) is 0.222. The van der Waals surface area contributed by atoms with Crippen LogP contribution in [0, 0.1) is 0 Å². The first kappa shape index (κ1) is 18.1. The van der Waals surface area contributed by atoms with Gasteiger partial charge in [-0.15, -0.1) is 11.3 Å². The third-order valence-electron chi connectivity index (χ3n) is 4.10. The fourth-order valence-electron chi connectivity index (χ4n) is 2.67. The maximum absolute atomic E-state index is 12.6. The molecule has 27 heavy (non-hydrogen) atoms. The molecule has 140 valence electrons. The summed E-state index contributed by atoms with van der Waals surface area (Å²) in [5.41, 5.74) is 0.690. The van der Waals surface area contributed by atoms with E-state index in [2.05, 4.69) is 10.1 Å². The van der Waals surface area contributed by atoms with Gasteiger partial charge in [-0.05, 0) is 41.8 Å². The van der Waals surface area contributed by atoms with Gasteiger partial charge in [0.25, 0.3) is 5.89 Å². The quantitative estimate of drug-likeness (QED) is 0.651. The highest BCUT2D eigenvalue weighted by molar-refractivity contribution is 7.89.